The van der Waals surface area contributed by atoms with E-state index in [2.05, 4.69) is 36.7 Å². The van der Waals surface area contributed by atoms with E-state index in [1.54, 1.807) is 6.33 Å². The third kappa shape index (κ3) is 5.70. The minimum Gasteiger partial charge on any atom is -0.382 e. The summed E-state index contributed by atoms with van der Waals surface area (Å²) in [6.45, 7) is 11.1. The van der Waals surface area contributed by atoms with E-state index in [9.17, 15) is 0 Å². The molecule has 0 radical (unpaired) electrons. The number of hydrogen-bond donors (Lipinski definition) is 2. The molecule has 3 unspecified atom stereocenters. The van der Waals surface area contributed by atoms with Crippen LogP contribution in [0.1, 0.15) is 79.2 Å². The summed E-state index contributed by atoms with van der Waals surface area (Å²) in [5.74, 6) is 1.23. The molecule has 30 heavy (non-hydrogen) atoms. The standard InChI is InChI=1S/C20H33N7.C2H6.CH4/c1-2-3-9-26(17-5-4-8-22-11-17)12-15-6-7-16(10-15)27-14-25-18-19(21)23-13-24-20(18)27;1-2;/h13-17,22H,2-12H2,1H3,(H2,21,23,24);1-2H3;1H4. The highest BCUT2D eigenvalue weighted by molar-refractivity contribution is 5.81. The van der Waals surface area contributed by atoms with Crippen LogP contribution in [0.5, 0.6) is 0 Å². The van der Waals surface area contributed by atoms with Gasteiger partial charge in [0.05, 0.1) is 6.33 Å². The molecule has 3 N–H and O–H groups in total. The first kappa shape index (κ1) is 24.5. The topological polar surface area (TPSA) is 84.9 Å². The van der Waals surface area contributed by atoms with Crippen molar-refractivity contribution in [2.45, 2.75) is 85.2 Å². The second-order valence-corrected chi connectivity index (χ2v) is 8.26. The Morgan fingerprint density at radius 3 is 2.77 bits per heavy atom. The van der Waals surface area contributed by atoms with Crippen molar-refractivity contribution in [3.8, 4) is 0 Å². The second-order valence-electron chi connectivity index (χ2n) is 8.26. The summed E-state index contributed by atoms with van der Waals surface area (Å²) in [6.07, 6.45) is 12.4. The van der Waals surface area contributed by atoms with E-state index >= 15 is 0 Å². The molecular weight excluding hydrogens is 374 g/mol. The predicted octanol–water partition coefficient (Wildman–Crippen LogP) is 4.27. The Labute approximate surface area is 182 Å². The summed E-state index contributed by atoms with van der Waals surface area (Å²) in [4.78, 5) is 15.7. The van der Waals surface area contributed by atoms with Gasteiger partial charge in [-0.2, -0.15) is 0 Å². The smallest absolute Gasteiger partial charge is 0.165 e. The SMILES string of the molecule is C.CC.CCCCN(CC1CCC(n2cnc3c(N)ncnc32)C1)C1CCCNC1. The summed E-state index contributed by atoms with van der Waals surface area (Å²) < 4.78 is 2.23. The first-order chi connectivity index (χ1) is 14.3. The zero-order valence-electron chi connectivity index (χ0n) is 18.5. The number of nitrogens with two attached hydrogens (primary N) is 1. The highest BCUT2D eigenvalue weighted by atomic mass is 15.2. The molecule has 2 aromatic heterocycles. The zero-order chi connectivity index (χ0) is 20.6. The lowest BCUT2D eigenvalue weighted by molar-refractivity contribution is 0.139. The largest absolute Gasteiger partial charge is 0.382 e. The van der Waals surface area contributed by atoms with E-state index < -0.39 is 0 Å². The Hall–Kier alpha value is -1.73. The van der Waals surface area contributed by atoms with Crippen molar-refractivity contribution < 1.29 is 0 Å². The molecule has 1 aliphatic carbocycles. The van der Waals surface area contributed by atoms with Crippen molar-refractivity contribution in [3.05, 3.63) is 12.7 Å². The number of fused-ring (bicyclic) bond motifs is 1. The van der Waals surface area contributed by atoms with Gasteiger partial charge in [0.15, 0.2) is 11.5 Å². The molecular formula is C23H43N7. The van der Waals surface area contributed by atoms with E-state index in [4.69, 9.17) is 5.73 Å². The molecule has 1 saturated heterocycles. The van der Waals surface area contributed by atoms with Crippen LogP contribution >= 0.6 is 0 Å². The van der Waals surface area contributed by atoms with Crippen molar-refractivity contribution in [2.75, 3.05) is 31.9 Å². The van der Waals surface area contributed by atoms with Gasteiger partial charge in [-0.3, -0.25) is 4.90 Å². The summed E-state index contributed by atoms with van der Waals surface area (Å²) >= 11 is 0. The molecule has 1 aliphatic heterocycles. The molecule has 170 valence electrons. The van der Waals surface area contributed by atoms with Gasteiger partial charge in [-0.15, -0.1) is 0 Å². The fourth-order valence-electron chi connectivity index (χ4n) is 4.87. The first-order valence-electron chi connectivity index (χ1n) is 11.6. The number of rotatable bonds is 7. The molecule has 3 heterocycles. The predicted molar refractivity (Wildman–Crippen MR) is 127 cm³/mol. The number of aromatic nitrogens is 4. The summed E-state index contributed by atoms with van der Waals surface area (Å²) in [6, 6.07) is 1.19. The van der Waals surface area contributed by atoms with Gasteiger partial charge in [0.25, 0.3) is 0 Å². The average molecular weight is 418 g/mol. The minimum atomic E-state index is 0. The quantitative estimate of drug-likeness (QED) is 0.700. The van der Waals surface area contributed by atoms with Gasteiger partial charge in [-0.1, -0.05) is 34.6 Å². The number of nitrogens with zero attached hydrogens (tertiary/aromatic N) is 5. The molecule has 2 fully saturated rings. The normalized spacial score (nSPS) is 23.8. The van der Waals surface area contributed by atoms with Gasteiger partial charge in [0.1, 0.15) is 11.8 Å². The van der Waals surface area contributed by atoms with Gasteiger partial charge in [0.2, 0.25) is 0 Å². The number of unbranched alkanes of at least 4 members (excludes halogenated alkanes) is 1. The summed E-state index contributed by atoms with van der Waals surface area (Å²) in [7, 11) is 0. The maximum Gasteiger partial charge on any atom is 0.165 e. The molecule has 0 aromatic carbocycles. The molecule has 1 saturated carbocycles. The number of piperidine rings is 1. The van der Waals surface area contributed by atoms with E-state index in [1.165, 1.54) is 64.6 Å². The number of nitrogens with one attached hydrogen (secondary N) is 1. The number of hydrogen-bond acceptors (Lipinski definition) is 6. The first-order valence-corrected chi connectivity index (χ1v) is 11.6. The van der Waals surface area contributed by atoms with Crippen LogP contribution in [-0.2, 0) is 0 Å². The molecule has 7 nitrogen and oxygen atoms in total. The molecule has 3 atom stereocenters. The van der Waals surface area contributed by atoms with Crippen LogP contribution in [0.3, 0.4) is 0 Å². The van der Waals surface area contributed by atoms with Crippen LogP contribution in [0.2, 0.25) is 0 Å². The monoisotopic (exact) mass is 417 g/mol. The van der Waals surface area contributed by atoms with Gasteiger partial charge in [-0.05, 0) is 57.5 Å². The Kier molecular flexibility index (Phi) is 9.98. The van der Waals surface area contributed by atoms with Crippen LogP contribution in [-0.4, -0.2) is 56.6 Å². The van der Waals surface area contributed by atoms with Crippen molar-refractivity contribution in [3.63, 3.8) is 0 Å². The van der Waals surface area contributed by atoms with Crippen LogP contribution < -0.4 is 11.1 Å². The fourth-order valence-corrected chi connectivity index (χ4v) is 4.87. The number of anilines is 1. The van der Waals surface area contributed by atoms with Crippen LogP contribution in [0.25, 0.3) is 11.2 Å². The maximum atomic E-state index is 5.95. The van der Waals surface area contributed by atoms with Crippen LogP contribution in [0.15, 0.2) is 12.7 Å². The fraction of sp³-hybridized carbons (Fsp3) is 0.783. The van der Waals surface area contributed by atoms with Crippen molar-refractivity contribution in [2.24, 2.45) is 5.92 Å². The van der Waals surface area contributed by atoms with Crippen molar-refractivity contribution >= 4 is 17.0 Å². The Morgan fingerprint density at radius 1 is 1.20 bits per heavy atom. The van der Waals surface area contributed by atoms with Gasteiger partial charge < -0.3 is 15.6 Å². The molecule has 0 amide bonds. The van der Waals surface area contributed by atoms with E-state index in [0.29, 0.717) is 17.9 Å². The molecule has 2 aliphatic rings. The number of nitrogen functional groups attached to an aromatic ring is 1. The molecule has 0 spiro atoms. The molecule has 2 aromatic rings. The minimum absolute atomic E-state index is 0. The van der Waals surface area contributed by atoms with E-state index in [1.807, 2.05) is 20.2 Å². The lowest BCUT2D eigenvalue weighted by Gasteiger charge is -2.36. The third-order valence-electron chi connectivity index (χ3n) is 6.37. The van der Waals surface area contributed by atoms with Crippen LogP contribution in [0.4, 0.5) is 5.82 Å². The highest BCUT2D eigenvalue weighted by Crippen LogP contribution is 2.37. The van der Waals surface area contributed by atoms with Crippen molar-refractivity contribution in [1.29, 1.82) is 0 Å². The van der Waals surface area contributed by atoms with E-state index in [-0.39, 0.29) is 7.43 Å². The number of imidazole rings is 1. The van der Waals surface area contributed by atoms with Gasteiger partial charge >= 0.3 is 0 Å². The molecule has 0 bridgehead atoms. The Balaban J connectivity index is 0.00000104. The average Bonchev–Trinajstić information content (AvgIpc) is 3.41. The Bertz CT molecular complexity index is 738. The maximum absolute atomic E-state index is 5.95. The third-order valence-corrected chi connectivity index (χ3v) is 6.37. The summed E-state index contributed by atoms with van der Waals surface area (Å²) in [5.41, 5.74) is 7.57. The van der Waals surface area contributed by atoms with Crippen LogP contribution in [0, 0.1) is 5.92 Å². The van der Waals surface area contributed by atoms with Gasteiger partial charge in [0, 0.05) is 25.2 Å². The van der Waals surface area contributed by atoms with E-state index in [0.717, 1.165) is 23.6 Å². The second kappa shape index (κ2) is 12.2. The van der Waals surface area contributed by atoms with Crippen molar-refractivity contribution in [1.82, 2.24) is 29.7 Å². The lowest BCUT2D eigenvalue weighted by atomic mass is 10.0. The van der Waals surface area contributed by atoms with Gasteiger partial charge in [-0.25, -0.2) is 15.0 Å². The lowest BCUT2D eigenvalue weighted by Crippen LogP contribution is -2.47. The zero-order valence-corrected chi connectivity index (χ0v) is 18.5. The molecule has 7 heteroatoms. The Morgan fingerprint density at radius 2 is 2.03 bits per heavy atom. The summed E-state index contributed by atoms with van der Waals surface area (Å²) in [5, 5.41) is 3.59. The molecule has 4 rings (SSSR count). The highest BCUT2D eigenvalue weighted by Gasteiger charge is 2.31.